The quantitative estimate of drug-likeness (QED) is 0.476. The second-order valence-electron chi connectivity index (χ2n) is 7.74. The van der Waals surface area contributed by atoms with E-state index in [2.05, 4.69) is 23.4 Å². The van der Waals surface area contributed by atoms with E-state index >= 15 is 0 Å². The minimum absolute atomic E-state index is 0.192. The Kier molecular flexibility index (Phi) is 4.72. The molecule has 0 radical (unpaired) electrons. The molecule has 0 aliphatic heterocycles. The Morgan fingerprint density at radius 2 is 1.77 bits per heavy atom. The van der Waals surface area contributed by atoms with Crippen LogP contribution < -0.4 is 11.2 Å². The lowest BCUT2D eigenvalue weighted by molar-refractivity contribution is 0.0969. The number of aromatic nitrogens is 5. The molecule has 0 aliphatic carbocycles. The molecular weight excluding hydrogens is 382 g/mol. The summed E-state index contributed by atoms with van der Waals surface area (Å²) in [6, 6.07) is 8.85. The first-order valence-corrected chi connectivity index (χ1v) is 10.1. The van der Waals surface area contributed by atoms with Gasteiger partial charge in [0.25, 0.3) is 5.56 Å². The zero-order valence-corrected chi connectivity index (χ0v) is 17.8. The number of rotatable bonds is 5. The maximum absolute atomic E-state index is 13.4. The zero-order chi connectivity index (χ0) is 21.7. The number of nitrogens with zero attached hydrogens (tertiary/aromatic N) is 5. The number of Topliss-reactive ketones (excluding diaryl/α,β-unsaturated/α-hetero) is 1. The van der Waals surface area contributed by atoms with Crippen molar-refractivity contribution in [1.29, 1.82) is 0 Å². The van der Waals surface area contributed by atoms with Crippen LogP contribution in [0.1, 0.15) is 48.1 Å². The summed E-state index contributed by atoms with van der Waals surface area (Å²) >= 11 is 0. The van der Waals surface area contributed by atoms with E-state index in [0.717, 1.165) is 22.4 Å². The number of fused-ring (bicyclic) bond motifs is 3. The van der Waals surface area contributed by atoms with Gasteiger partial charge in [-0.1, -0.05) is 37.3 Å². The summed E-state index contributed by atoms with van der Waals surface area (Å²) in [5, 5.41) is 0. The van der Waals surface area contributed by atoms with E-state index in [1.54, 1.807) is 31.3 Å². The highest BCUT2D eigenvalue weighted by molar-refractivity contribution is 5.96. The molecule has 0 unspecified atom stereocenters. The van der Waals surface area contributed by atoms with Gasteiger partial charge in [-0.2, -0.15) is 4.98 Å². The number of aryl methyl sites for hydroxylation is 2. The third kappa shape index (κ3) is 2.74. The summed E-state index contributed by atoms with van der Waals surface area (Å²) < 4.78 is 6.25. The van der Waals surface area contributed by atoms with Crippen LogP contribution in [0, 0.1) is 13.8 Å². The van der Waals surface area contributed by atoms with Gasteiger partial charge in [-0.05, 0) is 27.2 Å². The Hall–Kier alpha value is -3.42. The maximum atomic E-state index is 13.4. The summed E-state index contributed by atoms with van der Waals surface area (Å²) in [6.07, 6.45) is 0.905. The van der Waals surface area contributed by atoms with Crippen molar-refractivity contribution in [2.75, 3.05) is 0 Å². The van der Waals surface area contributed by atoms with E-state index in [-0.39, 0.29) is 18.4 Å². The molecular formula is C22H25N5O3. The van der Waals surface area contributed by atoms with Gasteiger partial charge in [0, 0.05) is 30.0 Å². The summed E-state index contributed by atoms with van der Waals surface area (Å²) in [7, 11) is 1.58. The molecule has 0 N–H and O–H groups in total. The van der Waals surface area contributed by atoms with Crippen molar-refractivity contribution < 1.29 is 4.79 Å². The van der Waals surface area contributed by atoms with Crippen molar-refractivity contribution in [3.63, 3.8) is 0 Å². The molecule has 8 nitrogen and oxygen atoms in total. The lowest BCUT2D eigenvalue weighted by atomic mass is 10.1. The number of hydrogen-bond donors (Lipinski definition) is 0. The van der Waals surface area contributed by atoms with Gasteiger partial charge in [-0.15, -0.1) is 0 Å². The van der Waals surface area contributed by atoms with E-state index in [9.17, 15) is 14.4 Å². The third-order valence-corrected chi connectivity index (χ3v) is 5.99. The minimum atomic E-state index is -0.554. The van der Waals surface area contributed by atoms with Gasteiger partial charge in [0.2, 0.25) is 5.78 Å². The Bertz CT molecular complexity index is 1400. The Morgan fingerprint density at radius 1 is 1.10 bits per heavy atom. The molecule has 3 aromatic heterocycles. The highest BCUT2D eigenvalue weighted by atomic mass is 16.2. The lowest BCUT2D eigenvalue weighted by Crippen LogP contribution is -2.41. The fourth-order valence-corrected chi connectivity index (χ4v) is 3.98. The molecule has 1 aromatic carbocycles. The van der Waals surface area contributed by atoms with Crippen LogP contribution in [-0.4, -0.2) is 28.9 Å². The van der Waals surface area contributed by atoms with Crippen LogP contribution in [0.4, 0.5) is 0 Å². The number of carbonyl (C=O) groups is 1. The molecule has 0 spiro atoms. The van der Waals surface area contributed by atoms with Crippen LogP contribution in [-0.2, 0) is 13.6 Å². The van der Waals surface area contributed by atoms with Crippen molar-refractivity contribution in [1.82, 2.24) is 23.1 Å². The van der Waals surface area contributed by atoms with E-state index in [0.29, 0.717) is 22.5 Å². The van der Waals surface area contributed by atoms with Crippen molar-refractivity contribution in [3.05, 3.63) is 68.1 Å². The van der Waals surface area contributed by atoms with Gasteiger partial charge in [-0.25, -0.2) is 4.79 Å². The molecule has 4 rings (SSSR count). The standard InChI is InChI=1S/C22H25N5O3/c1-6-13(2)26-14(3)15(4)27-18-19(23-21(26)27)24(5)22(30)25(20(18)29)12-17(28)16-10-8-7-9-11-16/h7-11,13H,6,12H2,1-5H3/t13-/m0/s1. The molecule has 4 aromatic rings. The molecule has 0 amide bonds. The van der Waals surface area contributed by atoms with E-state index in [4.69, 9.17) is 0 Å². The predicted molar refractivity (Wildman–Crippen MR) is 115 cm³/mol. The Morgan fingerprint density at radius 3 is 2.40 bits per heavy atom. The maximum Gasteiger partial charge on any atom is 0.332 e. The molecule has 0 saturated heterocycles. The number of ketones is 1. The van der Waals surface area contributed by atoms with Gasteiger partial charge in [0.05, 0.1) is 6.54 Å². The average molecular weight is 407 g/mol. The van der Waals surface area contributed by atoms with Crippen LogP contribution in [0.5, 0.6) is 0 Å². The van der Waals surface area contributed by atoms with Crippen LogP contribution >= 0.6 is 0 Å². The second-order valence-corrected chi connectivity index (χ2v) is 7.74. The first-order chi connectivity index (χ1) is 14.3. The van der Waals surface area contributed by atoms with E-state index < -0.39 is 11.2 Å². The van der Waals surface area contributed by atoms with Crippen LogP contribution in [0.2, 0.25) is 0 Å². The van der Waals surface area contributed by atoms with Gasteiger partial charge < -0.3 is 4.57 Å². The molecule has 3 heterocycles. The molecule has 30 heavy (non-hydrogen) atoms. The first kappa shape index (κ1) is 19.9. The van der Waals surface area contributed by atoms with Gasteiger partial charge >= 0.3 is 5.69 Å². The molecule has 0 bridgehead atoms. The van der Waals surface area contributed by atoms with Crippen LogP contribution in [0.3, 0.4) is 0 Å². The highest BCUT2D eigenvalue weighted by Crippen LogP contribution is 2.25. The molecule has 0 aliphatic rings. The lowest BCUT2D eigenvalue weighted by Gasteiger charge is -2.13. The summed E-state index contributed by atoms with van der Waals surface area (Å²) in [4.78, 5) is 43.6. The third-order valence-electron chi connectivity index (χ3n) is 5.99. The predicted octanol–water partition coefficient (Wildman–Crippen LogP) is 2.62. The van der Waals surface area contributed by atoms with Crippen molar-refractivity contribution in [3.8, 4) is 0 Å². The summed E-state index contributed by atoms with van der Waals surface area (Å²) in [6.45, 7) is 7.81. The van der Waals surface area contributed by atoms with Gasteiger partial charge in [0.15, 0.2) is 16.9 Å². The molecule has 156 valence electrons. The minimum Gasteiger partial charge on any atom is -0.311 e. The van der Waals surface area contributed by atoms with Gasteiger partial charge in [-0.3, -0.25) is 23.1 Å². The molecule has 0 saturated carbocycles. The number of hydrogen-bond acceptors (Lipinski definition) is 4. The van der Waals surface area contributed by atoms with Crippen molar-refractivity contribution in [2.24, 2.45) is 7.05 Å². The van der Waals surface area contributed by atoms with Crippen molar-refractivity contribution >= 4 is 22.7 Å². The van der Waals surface area contributed by atoms with Crippen LogP contribution in [0.15, 0.2) is 39.9 Å². The molecule has 1 atom stereocenters. The highest BCUT2D eigenvalue weighted by Gasteiger charge is 2.24. The zero-order valence-electron chi connectivity index (χ0n) is 17.8. The smallest absolute Gasteiger partial charge is 0.311 e. The average Bonchev–Trinajstić information content (AvgIpc) is 3.25. The summed E-state index contributed by atoms with van der Waals surface area (Å²) in [5.74, 6) is 0.341. The molecule has 0 fully saturated rings. The first-order valence-electron chi connectivity index (χ1n) is 10.1. The monoisotopic (exact) mass is 407 g/mol. The van der Waals surface area contributed by atoms with Crippen molar-refractivity contribution in [2.45, 2.75) is 46.7 Å². The molecule has 8 heteroatoms. The SMILES string of the molecule is CC[C@H](C)n1c(C)c(C)n2c3c(=O)n(CC(=O)c4ccccc4)c(=O)n(C)c3nc12. The second kappa shape index (κ2) is 7.12. The van der Waals surface area contributed by atoms with E-state index in [1.807, 2.05) is 24.3 Å². The largest absolute Gasteiger partial charge is 0.332 e. The number of benzene rings is 1. The van der Waals surface area contributed by atoms with Crippen LogP contribution in [0.25, 0.3) is 16.9 Å². The normalized spacial score (nSPS) is 12.7. The topological polar surface area (TPSA) is 83.3 Å². The number of carbonyl (C=O) groups excluding carboxylic acids is 1. The number of imidazole rings is 2. The fourth-order valence-electron chi connectivity index (χ4n) is 3.98. The fraction of sp³-hybridized carbons (Fsp3) is 0.364. The Labute approximate surface area is 173 Å². The van der Waals surface area contributed by atoms with Gasteiger partial charge in [0.1, 0.15) is 0 Å². The van der Waals surface area contributed by atoms with E-state index in [1.165, 1.54) is 4.57 Å². The summed E-state index contributed by atoms with van der Waals surface area (Å²) in [5.41, 5.74) is 1.95. The Balaban J connectivity index is 2.01.